The minimum absolute atomic E-state index is 0.429. The van der Waals surface area contributed by atoms with Gasteiger partial charge in [0.2, 0.25) is 0 Å². The molecule has 0 aromatic rings. The van der Waals surface area contributed by atoms with Crippen molar-refractivity contribution in [2.45, 2.75) is 38.2 Å². The topological polar surface area (TPSA) is 35.2 Å². The second kappa shape index (κ2) is 5.33. The maximum absolute atomic E-state index is 5.59. The van der Waals surface area contributed by atoms with Gasteiger partial charge in [-0.15, -0.1) is 0 Å². The fourth-order valence-corrected chi connectivity index (χ4v) is 1.60. The molecule has 0 amide bonds. The molecule has 1 saturated heterocycles. The van der Waals surface area contributed by atoms with Crippen LogP contribution in [0.3, 0.4) is 0 Å². The van der Waals surface area contributed by atoms with Crippen molar-refractivity contribution in [3.8, 4) is 0 Å². The summed E-state index contributed by atoms with van der Waals surface area (Å²) in [5, 5.41) is 0. The maximum atomic E-state index is 5.59. The van der Waals surface area contributed by atoms with E-state index in [0.717, 1.165) is 19.4 Å². The molecule has 1 unspecified atom stereocenters. The maximum Gasteiger partial charge on any atom is 0.0612 e. The van der Waals surface area contributed by atoms with Gasteiger partial charge in [-0.25, -0.2) is 0 Å². The zero-order chi connectivity index (χ0) is 8.81. The van der Waals surface area contributed by atoms with Crippen LogP contribution in [-0.4, -0.2) is 19.3 Å². The Morgan fingerprint density at radius 1 is 1.50 bits per heavy atom. The van der Waals surface area contributed by atoms with Gasteiger partial charge >= 0.3 is 0 Å². The van der Waals surface area contributed by atoms with E-state index in [2.05, 4.69) is 6.58 Å². The first kappa shape index (κ1) is 9.75. The molecule has 70 valence electrons. The molecule has 0 radical (unpaired) electrons. The van der Waals surface area contributed by atoms with Crippen LogP contribution in [0.2, 0.25) is 0 Å². The number of ether oxygens (including phenoxy) is 1. The Kier molecular flexibility index (Phi) is 4.33. The van der Waals surface area contributed by atoms with Crippen LogP contribution < -0.4 is 5.73 Å². The fourth-order valence-electron chi connectivity index (χ4n) is 1.60. The highest BCUT2D eigenvalue weighted by Gasteiger charge is 2.13. The number of rotatable bonds is 4. The summed E-state index contributed by atoms with van der Waals surface area (Å²) in [5.74, 6) is 0. The van der Waals surface area contributed by atoms with Gasteiger partial charge in [-0.3, -0.25) is 0 Å². The average molecular weight is 169 g/mol. The van der Waals surface area contributed by atoms with E-state index in [9.17, 15) is 0 Å². The first-order valence-electron chi connectivity index (χ1n) is 4.81. The fraction of sp³-hybridized carbons (Fsp3) is 0.800. The third-order valence-corrected chi connectivity index (χ3v) is 2.29. The Morgan fingerprint density at radius 2 is 2.33 bits per heavy atom. The molecular weight excluding hydrogens is 150 g/mol. The molecule has 2 nitrogen and oxygen atoms in total. The Bertz CT molecular complexity index is 139. The molecule has 1 fully saturated rings. The summed E-state index contributed by atoms with van der Waals surface area (Å²) in [4.78, 5) is 0. The van der Waals surface area contributed by atoms with Gasteiger partial charge in [0.1, 0.15) is 0 Å². The van der Waals surface area contributed by atoms with Gasteiger partial charge in [0.25, 0.3) is 0 Å². The molecule has 2 heteroatoms. The lowest BCUT2D eigenvalue weighted by atomic mass is 10.0. The highest BCUT2D eigenvalue weighted by molar-refractivity contribution is 4.96. The predicted molar refractivity (Wildman–Crippen MR) is 51.0 cm³/mol. The molecule has 1 rings (SSSR count). The SMILES string of the molecule is C=C(CCN)CC1CCCCO1. The molecule has 0 aromatic heterocycles. The van der Waals surface area contributed by atoms with Crippen molar-refractivity contribution >= 4 is 0 Å². The van der Waals surface area contributed by atoms with Gasteiger partial charge < -0.3 is 10.5 Å². The highest BCUT2D eigenvalue weighted by atomic mass is 16.5. The molecule has 0 bridgehead atoms. The quantitative estimate of drug-likeness (QED) is 0.652. The van der Waals surface area contributed by atoms with Crippen molar-refractivity contribution in [3.63, 3.8) is 0 Å². The number of hydrogen-bond acceptors (Lipinski definition) is 2. The van der Waals surface area contributed by atoms with E-state index in [0.29, 0.717) is 12.6 Å². The minimum Gasteiger partial charge on any atom is -0.378 e. The van der Waals surface area contributed by atoms with Crippen LogP contribution in [0.5, 0.6) is 0 Å². The number of nitrogens with two attached hydrogens (primary N) is 1. The van der Waals surface area contributed by atoms with Crippen molar-refractivity contribution in [2.75, 3.05) is 13.2 Å². The van der Waals surface area contributed by atoms with E-state index >= 15 is 0 Å². The van der Waals surface area contributed by atoms with Gasteiger partial charge in [0, 0.05) is 6.61 Å². The van der Waals surface area contributed by atoms with Crippen molar-refractivity contribution in [1.82, 2.24) is 0 Å². The van der Waals surface area contributed by atoms with E-state index in [1.54, 1.807) is 0 Å². The molecule has 0 aliphatic carbocycles. The van der Waals surface area contributed by atoms with Crippen LogP contribution in [0.25, 0.3) is 0 Å². The summed E-state index contributed by atoms with van der Waals surface area (Å²) < 4.78 is 5.59. The van der Waals surface area contributed by atoms with Crippen LogP contribution in [0.15, 0.2) is 12.2 Å². The van der Waals surface area contributed by atoms with Gasteiger partial charge in [-0.2, -0.15) is 0 Å². The van der Waals surface area contributed by atoms with Gasteiger partial charge in [-0.05, 0) is 38.6 Å². The highest BCUT2D eigenvalue weighted by Crippen LogP contribution is 2.19. The molecule has 0 saturated carbocycles. The van der Waals surface area contributed by atoms with E-state index in [4.69, 9.17) is 10.5 Å². The van der Waals surface area contributed by atoms with Crippen LogP contribution in [0, 0.1) is 0 Å². The standard InChI is InChI=1S/C10H19NO/c1-9(5-6-11)8-10-4-2-3-7-12-10/h10H,1-8,11H2. The third-order valence-electron chi connectivity index (χ3n) is 2.29. The number of hydrogen-bond donors (Lipinski definition) is 1. The van der Waals surface area contributed by atoms with Crippen molar-refractivity contribution in [2.24, 2.45) is 5.73 Å². The zero-order valence-electron chi connectivity index (χ0n) is 7.72. The lowest BCUT2D eigenvalue weighted by molar-refractivity contribution is 0.0165. The summed E-state index contributed by atoms with van der Waals surface area (Å²) in [6, 6.07) is 0. The smallest absolute Gasteiger partial charge is 0.0612 e. The lowest BCUT2D eigenvalue weighted by Crippen LogP contribution is -2.19. The third kappa shape index (κ3) is 3.37. The summed E-state index contributed by atoms with van der Waals surface area (Å²) in [5.41, 5.74) is 6.67. The van der Waals surface area contributed by atoms with E-state index in [-0.39, 0.29) is 0 Å². The lowest BCUT2D eigenvalue weighted by Gasteiger charge is -2.23. The molecule has 1 aliphatic heterocycles. The van der Waals surface area contributed by atoms with Crippen LogP contribution in [-0.2, 0) is 4.74 Å². The van der Waals surface area contributed by atoms with Crippen molar-refractivity contribution in [1.29, 1.82) is 0 Å². The molecule has 1 aliphatic rings. The monoisotopic (exact) mass is 169 g/mol. The van der Waals surface area contributed by atoms with E-state index < -0.39 is 0 Å². The van der Waals surface area contributed by atoms with E-state index in [1.807, 2.05) is 0 Å². The van der Waals surface area contributed by atoms with Crippen LogP contribution in [0.4, 0.5) is 0 Å². The summed E-state index contributed by atoms with van der Waals surface area (Å²) in [7, 11) is 0. The largest absolute Gasteiger partial charge is 0.378 e. The van der Waals surface area contributed by atoms with Gasteiger partial charge in [-0.1, -0.05) is 12.2 Å². The molecule has 1 atom stereocenters. The second-order valence-corrected chi connectivity index (χ2v) is 3.48. The molecule has 12 heavy (non-hydrogen) atoms. The predicted octanol–water partition coefficient (Wildman–Crippen LogP) is 1.85. The molecule has 0 aromatic carbocycles. The van der Waals surface area contributed by atoms with E-state index in [1.165, 1.54) is 24.8 Å². The Hall–Kier alpha value is -0.340. The van der Waals surface area contributed by atoms with Gasteiger partial charge in [0.15, 0.2) is 0 Å². The van der Waals surface area contributed by atoms with Crippen LogP contribution >= 0.6 is 0 Å². The molecular formula is C10H19NO. The average Bonchev–Trinajstić information content (AvgIpc) is 2.06. The molecule has 1 heterocycles. The second-order valence-electron chi connectivity index (χ2n) is 3.48. The summed E-state index contributed by atoms with van der Waals surface area (Å²) in [6.07, 6.45) is 6.11. The summed E-state index contributed by atoms with van der Waals surface area (Å²) >= 11 is 0. The molecule has 0 spiro atoms. The minimum atomic E-state index is 0.429. The normalized spacial score (nSPS) is 23.9. The van der Waals surface area contributed by atoms with Crippen molar-refractivity contribution in [3.05, 3.63) is 12.2 Å². The Morgan fingerprint density at radius 3 is 2.92 bits per heavy atom. The zero-order valence-corrected chi connectivity index (χ0v) is 7.72. The first-order chi connectivity index (χ1) is 5.83. The van der Waals surface area contributed by atoms with Crippen molar-refractivity contribution < 1.29 is 4.74 Å². The van der Waals surface area contributed by atoms with Crippen LogP contribution in [0.1, 0.15) is 32.1 Å². The molecule has 2 N–H and O–H groups in total. The summed E-state index contributed by atoms with van der Waals surface area (Å²) in [6.45, 7) is 5.62. The Balaban J connectivity index is 2.15. The Labute approximate surface area is 74.8 Å². The first-order valence-corrected chi connectivity index (χ1v) is 4.81. The van der Waals surface area contributed by atoms with Gasteiger partial charge in [0.05, 0.1) is 6.10 Å².